The number of aryl methyl sites for hydroxylation is 1. The van der Waals surface area contributed by atoms with E-state index in [1.54, 1.807) is 6.20 Å². The minimum atomic E-state index is 0.774. The number of hydrogen-bond acceptors (Lipinski definition) is 3. The Labute approximate surface area is 97.7 Å². The highest BCUT2D eigenvalue weighted by molar-refractivity contribution is 5.51. The second kappa shape index (κ2) is 4.73. The molecule has 1 heterocycles. The Bertz CT molecular complexity index is 358. The Balaban J connectivity index is 1.91. The predicted molar refractivity (Wildman–Crippen MR) is 68.6 cm³/mol. The smallest absolute Gasteiger partial charge is 0.128 e. The Morgan fingerprint density at radius 3 is 2.81 bits per heavy atom. The summed E-state index contributed by atoms with van der Waals surface area (Å²) >= 11 is 0. The molecular formula is C13H21N3. The van der Waals surface area contributed by atoms with Gasteiger partial charge in [0.15, 0.2) is 0 Å². The van der Waals surface area contributed by atoms with Crippen LogP contribution in [0.15, 0.2) is 12.3 Å². The van der Waals surface area contributed by atoms with E-state index in [-0.39, 0.29) is 0 Å². The van der Waals surface area contributed by atoms with Gasteiger partial charge in [-0.25, -0.2) is 4.98 Å². The van der Waals surface area contributed by atoms with Crippen molar-refractivity contribution < 1.29 is 0 Å². The van der Waals surface area contributed by atoms with Crippen molar-refractivity contribution in [2.24, 2.45) is 5.92 Å². The van der Waals surface area contributed by atoms with E-state index in [0.29, 0.717) is 0 Å². The molecule has 0 radical (unpaired) electrons. The summed E-state index contributed by atoms with van der Waals surface area (Å²) in [6.07, 6.45) is 7.31. The fourth-order valence-corrected chi connectivity index (χ4v) is 2.03. The van der Waals surface area contributed by atoms with Crippen LogP contribution in [0.25, 0.3) is 0 Å². The minimum absolute atomic E-state index is 0.774. The maximum Gasteiger partial charge on any atom is 0.128 e. The van der Waals surface area contributed by atoms with E-state index in [4.69, 9.17) is 5.73 Å². The van der Waals surface area contributed by atoms with Crippen LogP contribution in [0.1, 0.15) is 31.2 Å². The minimum Gasteiger partial charge on any atom is -0.397 e. The van der Waals surface area contributed by atoms with Gasteiger partial charge in [-0.2, -0.15) is 0 Å². The zero-order chi connectivity index (χ0) is 11.5. The molecule has 88 valence electrons. The molecule has 0 bridgehead atoms. The normalized spacial score (nSPS) is 15.9. The topological polar surface area (TPSA) is 42.2 Å². The van der Waals surface area contributed by atoms with Crippen LogP contribution in [0.4, 0.5) is 11.5 Å². The number of nitrogens with two attached hydrogens (primary N) is 1. The molecule has 0 unspecified atom stereocenters. The second-order valence-corrected chi connectivity index (χ2v) is 4.91. The van der Waals surface area contributed by atoms with Crippen molar-refractivity contribution in [3.8, 4) is 0 Å². The van der Waals surface area contributed by atoms with Gasteiger partial charge in [0.25, 0.3) is 0 Å². The zero-order valence-electron chi connectivity index (χ0n) is 10.2. The van der Waals surface area contributed by atoms with Gasteiger partial charge in [-0.15, -0.1) is 0 Å². The van der Waals surface area contributed by atoms with Crippen LogP contribution in [-0.2, 0) is 0 Å². The first-order valence-electron chi connectivity index (χ1n) is 6.10. The van der Waals surface area contributed by atoms with Gasteiger partial charge >= 0.3 is 0 Å². The molecule has 1 aromatic heterocycles. The molecule has 1 aliphatic carbocycles. The van der Waals surface area contributed by atoms with Crippen molar-refractivity contribution >= 4 is 11.5 Å². The van der Waals surface area contributed by atoms with Gasteiger partial charge in [-0.05, 0) is 30.9 Å². The average molecular weight is 219 g/mol. The molecule has 2 rings (SSSR count). The molecule has 2 N–H and O–H groups in total. The first-order valence-corrected chi connectivity index (χ1v) is 6.10. The highest BCUT2D eigenvalue weighted by Gasteiger charge is 2.17. The molecule has 1 fully saturated rings. The van der Waals surface area contributed by atoms with Crippen LogP contribution >= 0.6 is 0 Å². The molecule has 0 aromatic carbocycles. The van der Waals surface area contributed by atoms with Crippen molar-refractivity contribution in [1.29, 1.82) is 0 Å². The van der Waals surface area contributed by atoms with Gasteiger partial charge in [0.1, 0.15) is 5.82 Å². The third kappa shape index (κ3) is 2.46. The first kappa shape index (κ1) is 11.2. The van der Waals surface area contributed by atoms with Gasteiger partial charge in [0.05, 0.1) is 11.9 Å². The molecule has 0 aliphatic heterocycles. The molecule has 0 spiro atoms. The van der Waals surface area contributed by atoms with Crippen molar-refractivity contribution in [2.45, 2.75) is 32.6 Å². The van der Waals surface area contributed by atoms with Crippen LogP contribution in [-0.4, -0.2) is 18.6 Å². The van der Waals surface area contributed by atoms with E-state index >= 15 is 0 Å². The zero-order valence-corrected chi connectivity index (χ0v) is 10.2. The molecule has 1 aliphatic rings. The van der Waals surface area contributed by atoms with Gasteiger partial charge in [0.2, 0.25) is 0 Å². The number of aromatic nitrogens is 1. The van der Waals surface area contributed by atoms with Crippen molar-refractivity contribution in [2.75, 3.05) is 24.2 Å². The number of nitrogen functional groups attached to an aromatic ring is 1. The maximum atomic E-state index is 5.76. The van der Waals surface area contributed by atoms with E-state index in [9.17, 15) is 0 Å². The lowest BCUT2D eigenvalue weighted by Crippen LogP contribution is -2.24. The number of anilines is 2. The quantitative estimate of drug-likeness (QED) is 0.846. The molecule has 0 atom stereocenters. The summed E-state index contributed by atoms with van der Waals surface area (Å²) in [5.74, 6) is 1.99. The lowest BCUT2D eigenvalue weighted by Gasteiger charge is -2.28. The van der Waals surface area contributed by atoms with E-state index in [2.05, 4.69) is 23.0 Å². The van der Waals surface area contributed by atoms with E-state index in [1.165, 1.54) is 25.7 Å². The van der Waals surface area contributed by atoms with Crippen LogP contribution in [0.5, 0.6) is 0 Å². The summed E-state index contributed by atoms with van der Waals surface area (Å²) in [7, 11) is 2.11. The number of nitrogens with zero attached hydrogens (tertiary/aromatic N) is 2. The Kier molecular flexibility index (Phi) is 3.32. The Morgan fingerprint density at radius 2 is 2.25 bits per heavy atom. The molecule has 0 amide bonds. The average Bonchev–Trinajstić information content (AvgIpc) is 2.19. The van der Waals surface area contributed by atoms with Crippen LogP contribution in [0.3, 0.4) is 0 Å². The van der Waals surface area contributed by atoms with Gasteiger partial charge in [0, 0.05) is 13.6 Å². The summed E-state index contributed by atoms with van der Waals surface area (Å²) in [5.41, 5.74) is 7.65. The lowest BCUT2D eigenvalue weighted by atomic mass is 9.83. The summed E-state index contributed by atoms with van der Waals surface area (Å²) in [4.78, 5) is 6.59. The number of hydrogen-bond donors (Lipinski definition) is 1. The van der Waals surface area contributed by atoms with Crippen LogP contribution in [0, 0.1) is 12.8 Å². The van der Waals surface area contributed by atoms with Gasteiger partial charge in [-0.1, -0.05) is 19.3 Å². The molecule has 16 heavy (non-hydrogen) atoms. The fourth-order valence-electron chi connectivity index (χ4n) is 2.03. The Hall–Kier alpha value is -1.25. The molecule has 0 saturated heterocycles. The highest BCUT2D eigenvalue weighted by Crippen LogP contribution is 2.29. The number of pyridine rings is 1. The monoisotopic (exact) mass is 219 g/mol. The fraction of sp³-hybridized carbons (Fsp3) is 0.615. The maximum absolute atomic E-state index is 5.76. The molecule has 3 nitrogen and oxygen atoms in total. The van der Waals surface area contributed by atoms with Gasteiger partial charge in [-0.3, -0.25) is 0 Å². The molecule has 1 aromatic rings. The molecular weight excluding hydrogens is 198 g/mol. The van der Waals surface area contributed by atoms with Crippen molar-refractivity contribution in [1.82, 2.24) is 4.98 Å². The summed E-state index contributed by atoms with van der Waals surface area (Å²) < 4.78 is 0. The van der Waals surface area contributed by atoms with Crippen LogP contribution < -0.4 is 10.6 Å². The first-order chi connectivity index (χ1) is 7.66. The molecule has 3 heteroatoms. The lowest BCUT2D eigenvalue weighted by molar-refractivity contribution is 0.299. The van der Waals surface area contributed by atoms with Crippen LogP contribution in [0.2, 0.25) is 0 Å². The third-order valence-corrected chi connectivity index (χ3v) is 3.63. The summed E-state index contributed by atoms with van der Waals surface area (Å²) in [5, 5.41) is 0. The van der Waals surface area contributed by atoms with E-state index in [1.807, 2.05) is 6.92 Å². The highest BCUT2D eigenvalue weighted by atomic mass is 15.2. The van der Waals surface area contributed by atoms with E-state index in [0.717, 1.165) is 29.5 Å². The van der Waals surface area contributed by atoms with Gasteiger partial charge < -0.3 is 10.6 Å². The summed E-state index contributed by atoms with van der Waals surface area (Å²) in [6.45, 7) is 3.13. The summed E-state index contributed by atoms with van der Waals surface area (Å²) in [6, 6.07) is 2.07. The Morgan fingerprint density at radius 1 is 1.50 bits per heavy atom. The third-order valence-electron chi connectivity index (χ3n) is 3.63. The molecule has 1 saturated carbocycles. The largest absolute Gasteiger partial charge is 0.397 e. The second-order valence-electron chi connectivity index (χ2n) is 4.91. The van der Waals surface area contributed by atoms with Crippen molar-refractivity contribution in [3.63, 3.8) is 0 Å². The predicted octanol–water partition coefficient (Wildman–Crippen LogP) is 2.60. The van der Waals surface area contributed by atoms with Crippen molar-refractivity contribution in [3.05, 3.63) is 17.8 Å². The van der Waals surface area contributed by atoms with E-state index < -0.39 is 0 Å². The number of rotatable bonds is 4. The standard InChI is InChI=1S/C13H21N3/c1-10-8-13(15-9-12(10)14)16(2)7-6-11-4-3-5-11/h8-9,11H,3-7,14H2,1-2H3. The SMILES string of the molecule is Cc1cc(N(C)CCC2CCC2)ncc1N.